The topological polar surface area (TPSA) is 276 Å². The largest absolute Gasteiger partial charge is 0.441 e. The van der Waals surface area contributed by atoms with E-state index in [0.29, 0.717) is 22.7 Å². The van der Waals surface area contributed by atoms with E-state index in [4.69, 9.17) is 51.4 Å². The molecule has 2 fully saturated rings. The average Bonchev–Trinajstić information content (AvgIpc) is 3.21. The molecule has 1 aliphatic heterocycles. The fourth-order valence-corrected chi connectivity index (χ4v) is 6.58. The second-order valence-corrected chi connectivity index (χ2v) is 13.5. The van der Waals surface area contributed by atoms with Crippen LogP contribution in [-0.4, -0.2) is 92.0 Å². The van der Waals surface area contributed by atoms with Gasteiger partial charge in [0.1, 0.15) is 18.3 Å². The molecule has 1 saturated heterocycles. The highest BCUT2D eigenvalue weighted by Crippen LogP contribution is 2.33. The van der Waals surface area contributed by atoms with Gasteiger partial charge in [0.25, 0.3) is 0 Å². The van der Waals surface area contributed by atoms with Gasteiger partial charge in [-0.2, -0.15) is 0 Å². The fourth-order valence-electron chi connectivity index (χ4n) is 6.58. The summed E-state index contributed by atoms with van der Waals surface area (Å²) in [6, 6.07) is 30.8. The number of carbonyl (C=O) groups excluding carboxylic acids is 4. The van der Waals surface area contributed by atoms with Gasteiger partial charge in [0, 0.05) is 41.4 Å². The summed E-state index contributed by atoms with van der Waals surface area (Å²) < 4.78 is 36.0. The van der Waals surface area contributed by atoms with Gasteiger partial charge < -0.3 is 51.4 Å². The molecule has 1 heterocycles. The minimum Gasteiger partial charge on any atom is -0.441 e. The second-order valence-electron chi connectivity index (χ2n) is 13.5. The monoisotopic (exact) mass is 798 g/mol. The highest BCUT2D eigenvalue weighted by Gasteiger charge is 2.54. The Morgan fingerprint density at radius 2 is 0.845 bits per heavy atom. The maximum absolute atomic E-state index is 13.4. The SMILES string of the molecule is NCC1OC(OC2C(N)CC(N)C(OC(=O)Nc3ccccc3)C2OC(=O)Nc2ccccc2)C(OC(=O)Nc2ccccc2)C(N)C1OC(=O)Nc1ccccc1. The summed E-state index contributed by atoms with van der Waals surface area (Å²) in [6.45, 7) is -0.230. The van der Waals surface area contributed by atoms with Crippen molar-refractivity contribution in [1.82, 2.24) is 0 Å². The van der Waals surface area contributed by atoms with E-state index in [9.17, 15) is 19.2 Å². The van der Waals surface area contributed by atoms with Crippen molar-refractivity contribution in [2.24, 2.45) is 22.9 Å². The number of nitrogens with one attached hydrogen (secondary N) is 4. The lowest BCUT2D eigenvalue weighted by Gasteiger charge is -2.48. The number of benzene rings is 4. The quantitative estimate of drug-likeness (QED) is 0.100. The van der Waals surface area contributed by atoms with Crippen molar-refractivity contribution in [1.29, 1.82) is 0 Å². The van der Waals surface area contributed by atoms with Crippen LogP contribution in [0, 0.1) is 0 Å². The van der Waals surface area contributed by atoms with Crippen LogP contribution in [0.15, 0.2) is 121 Å². The van der Waals surface area contributed by atoms with E-state index >= 15 is 0 Å². The van der Waals surface area contributed by atoms with E-state index in [1.165, 1.54) is 0 Å². The number of hydrogen-bond acceptors (Lipinski definition) is 14. The summed E-state index contributed by atoms with van der Waals surface area (Å²) in [6.07, 6.45) is -13.2. The minimum atomic E-state index is -1.56. The lowest BCUT2D eigenvalue weighted by molar-refractivity contribution is -0.296. The van der Waals surface area contributed by atoms with Crippen LogP contribution in [0.1, 0.15) is 6.42 Å². The van der Waals surface area contributed by atoms with Crippen LogP contribution in [0.2, 0.25) is 0 Å². The van der Waals surface area contributed by atoms with Crippen molar-refractivity contribution in [3.8, 4) is 0 Å². The molecular weight excluding hydrogens is 752 g/mol. The summed E-state index contributed by atoms with van der Waals surface area (Å²) in [5.41, 5.74) is 27.7. The van der Waals surface area contributed by atoms with E-state index in [1.54, 1.807) is 121 Å². The number of rotatable bonds is 11. The Kier molecular flexibility index (Phi) is 14.1. The molecule has 4 amide bonds. The molecule has 0 spiro atoms. The molecule has 10 atom stereocenters. The predicted octanol–water partition coefficient (Wildman–Crippen LogP) is 3.91. The first kappa shape index (κ1) is 41.4. The molecular formula is C40H46N8O10. The van der Waals surface area contributed by atoms with Crippen LogP contribution < -0.4 is 44.2 Å². The molecule has 2 aliphatic rings. The van der Waals surface area contributed by atoms with Gasteiger partial charge in [-0.25, -0.2) is 19.2 Å². The Labute approximate surface area is 333 Å². The van der Waals surface area contributed by atoms with Crippen molar-refractivity contribution in [2.75, 3.05) is 27.8 Å². The maximum Gasteiger partial charge on any atom is 0.412 e. The van der Waals surface area contributed by atoms with Gasteiger partial charge >= 0.3 is 24.4 Å². The Balaban J connectivity index is 1.28. The number of nitrogens with two attached hydrogens (primary N) is 4. The van der Waals surface area contributed by atoms with Crippen LogP contribution >= 0.6 is 0 Å². The summed E-state index contributed by atoms with van der Waals surface area (Å²) in [5.74, 6) is 0. The van der Waals surface area contributed by atoms with E-state index in [2.05, 4.69) is 21.3 Å². The molecule has 1 saturated carbocycles. The van der Waals surface area contributed by atoms with Gasteiger partial charge in [-0.05, 0) is 55.0 Å². The molecule has 58 heavy (non-hydrogen) atoms. The van der Waals surface area contributed by atoms with Gasteiger partial charge in [0.05, 0.1) is 6.04 Å². The molecule has 4 aromatic rings. The van der Waals surface area contributed by atoms with E-state index in [1.807, 2.05) is 0 Å². The normalized spacial score (nSPS) is 26.6. The molecule has 12 N–H and O–H groups in total. The summed E-state index contributed by atoms with van der Waals surface area (Å²) in [7, 11) is 0. The van der Waals surface area contributed by atoms with Gasteiger partial charge in [-0.15, -0.1) is 0 Å². The summed E-state index contributed by atoms with van der Waals surface area (Å²) >= 11 is 0. The van der Waals surface area contributed by atoms with Gasteiger partial charge in [0.15, 0.2) is 24.6 Å². The lowest BCUT2D eigenvalue weighted by Crippen LogP contribution is -2.69. The van der Waals surface area contributed by atoms with Crippen LogP contribution in [0.3, 0.4) is 0 Å². The van der Waals surface area contributed by atoms with E-state index < -0.39 is 85.4 Å². The minimum absolute atomic E-state index is 0.0125. The number of carbonyl (C=O) groups is 4. The molecule has 306 valence electrons. The fraction of sp³-hybridized carbons (Fsp3) is 0.300. The molecule has 4 aromatic carbocycles. The lowest BCUT2D eigenvalue weighted by atomic mass is 9.84. The Hall–Kier alpha value is -6.28. The number of ether oxygens (including phenoxy) is 6. The van der Waals surface area contributed by atoms with Gasteiger partial charge in [-0.1, -0.05) is 72.8 Å². The molecule has 0 radical (unpaired) electrons. The molecule has 18 nitrogen and oxygen atoms in total. The highest BCUT2D eigenvalue weighted by molar-refractivity contribution is 5.86. The van der Waals surface area contributed by atoms with Crippen molar-refractivity contribution < 1.29 is 47.6 Å². The first-order valence-electron chi connectivity index (χ1n) is 18.5. The van der Waals surface area contributed by atoms with Crippen LogP contribution in [0.5, 0.6) is 0 Å². The van der Waals surface area contributed by atoms with Gasteiger partial charge in [-0.3, -0.25) is 21.3 Å². The first-order valence-corrected chi connectivity index (χ1v) is 18.5. The standard InChI is InChI=1S/C40H46N8O10/c41-22-29-33(56-38(50)46-24-15-7-2-8-16-24)30(44)34(57-39(51)47-25-17-9-3-10-18-25)36(53-29)54-31-27(42)21-28(43)32(55-37(49)45-23-13-5-1-6-14-23)35(31)58-40(52)48-26-19-11-4-12-20-26/h1-20,27-36H,21-22,41-44H2,(H,45,49)(H,46,50)(H,47,51)(H,48,52). The van der Waals surface area contributed by atoms with Gasteiger partial charge in [0.2, 0.25) is 0 Å². The van der Waals surface area contributed by atoms with Crippen molar-refractivity contribution in [3.05, 3.63) is 121 Å². The first-order chi connectivity index (χ1) is 28.1. The zero-order valence-corrected chi connectivity index (χ0v) is 31.1. The third-order valence-electron chi connectivity index (χ3n) is 9.32. The Morgan fingerprint density at radius 3 is 1.24 bits per heavy atom. The van der Waals surface area contributed by atoms with Crippen LogP contribution in [0.25, 0.3) is 0 Å². The molecule has 10 unspecified atom stereocenters. The van der Waals surface area contributed by atoms with E-state index in [-0.39, 0.29) is 13.0 Å². The Morgan fingerprint density at radius 1 is 0.500 bits per heavy atom. The summed E-state index contributed by atoms with van der Waals surface area (Å²) in [5, 5.41) is 10.5. The number of para-hydroxylation sites is 4. The molecule has 1 aliphatic carbocycles. The predicted molar refractivity (Wildman–Crippen MR) is 212 cm³/mol. The molecule has 0 bridgehead atoms. The maximum atomic E-state index is 13.4. The molecule has 0 aromatic heterocycles. The van der Waals surface area contributed by atoms with Crippen LogP contribution in [0.4, 0.5) is 41.9 Å². The molecule has 18 heteroatoms. The molecule has 6 rings (SSSR count). The van der Waals surface area contributed by atoms with Crippen molar-refractivity contribution >= 4 is 47.1 Å². The smallest absolute Gasteiger partial charge is 0.412 e. The number of amides is 4. The summed E-state index contributed by atoms with van der Waals surface area (Å²) in [4.78, 5) is 53.1. The number of hydrogen-bond donors (Lipinski definition) is 8. The average molecular weight is 799 g/mol. The van der Waals surface area contributed by atoms with Crippen LogP contribution in [-0.2, 0) is 28.4 Å². The zero-order valence-electron chi connectivity index (χ0n) is 31.1. The third kappa shape index (κ3) is 11.0. The third-order valence-corrected chi connectivity index (χ3v) is 9.32. The Bertz CT molecular complexity index is 1950. The number of anilines is 4. The zero-order chi connectivity index (χ0) is 41.0. The van der Waals surface area contributed by atoms with E-state index in [0.717, 1.165) is 0 Å². The highest BCUT2D eigenvalue weighted by atomic mass is 16.7. The van der Waals surface area contributed by atoms with Crippen molar-refractivity contribution in [3.63, 3.8) is 0 Å². The second kappa shape index (κ2) is 19.7. The van der Waals surface area contributed by atoms with Crippen molar-refractivity contribution in [2.45, 2.75) is 67.5 Å².